The van der Waals surface area contributed by atoms with Gasteiger partial charge in [-0.1, -0.05) is 0 Å². The van der Waals surface area contributed by atoms with Crippen LogP contribution in [0.25, 0.3) is 0 Å². The van der Waals surface area contributed by atoms with Crippen LogP contribution in [-0.2, 0) is 0 Å². The SMILES string of the molecule is CN(C)C1=NC[C@]2(C)CCCN12. The number of fused-ring (bicyclic) bond motifs is 1. The third kappa shape index (κ3) is 0.919. The van der Waals surface area contributed by atoms with Gasteiger partial charge in [-0.2, -0.15) is 0 Å². The molecule has 2 aliphatic rings. The Kier molecular flexibility index (Phi) is 1.56. The zero-order valence-corrected chi connectivity index (χ0v) is 8.17. The Bertz CT molecular complexity index is 222. The van der Waals surface area contributed by atoms with E-state index in [9.17, 15) is 0 Å². The molecule has 12 heavy (non-hydrogen) atoms. The molecule has 1 atom stereocenters. The van der Waals surface area contributed by atoms with Crippen molar-refractivity contribution in [3.05, 3.63) is 0 Å². The fourth-order valence-corrected chi connectivity index (χ4v) is 2.24. The zero-order valence-electron chi connectivity index (χ0n) is 8.17. The van der Waals surface area contributed by atoms with Gasteiger partial charge in [0.25, 0.3) is 0 Å². The summed E-state index contributed by atoms with van der Waals surface area (Å²) in [5.41, 5.74) is 0.347. The minimum Gasteiger partial charge on any atom is -0.349 e. The van der Waals surface area contributed by atoms with E-state index in [1.807, 2.05) is 0 Å². The van der Waals surface area contributed by atoms with Crippen LogP contribution in [0.1, 0.15) is 19.8 Å². The number of aliphatic imine (C=N–C) groups is 1. The summed E-state index contributed by atoms with van der Waals surface area (Å²) < 4.78 is 0. The molecule has 2 aliphatic heterocycles. The molecule has 0 N–H and O–H groups in total. The number of hydrogen-bond acceptors (Lipinski definition) is 3. The topological polar surface area (TPSA) is 18.8 Å². The molecule has 0 aromatic rings. The molecule has 0 aromatic carbocycles. The first-order chi connectivity index (χ1) is 5.63. The predicted octanol–water partition coefficient (Wildman–Crippen LogP) is 0.772. The Morgan fingerprint density at radius 1 is 1.50 bits per heavy atom. The lowest BCUT2D eigenvalue weighted by Crippen LogP contribution is -2.46. The van der Waals surface area contributed by atoms with E-state index in [1.54, 1.807) is 0 Å². The molecule has 0 amide bonds. The third-order valence-electron chi connectivity index (χ3n) is 2.95. The van der Waals surface area contributed by atoms with Gasteiger partial charge in [0.2, 0.25) is 0 Å². The molecule has 0 aliphatic carbocycles. The summed E-state index contributed by atoms with van der Waals surface area (Å²) >= 11 is 0. The van der Waals surface area contributed by atoms with Crippen LogP contribution in [0.4, 0.5) is 0 Å². The molecule has 1 saturated heterocycles. The molecule has 3 nitrogen and oxygen atoms in total. The van der Waals surface area contributed by atoms with Crippen molar-refractivity contribution in [2.24, 2.45) is 4.99 Å². The number of hydrogen-bond donors (Lipinski definition) is 0. The van der Waals surface area contributed by atoms with Gasteiger partial charge in [0, 0.05) is 20.6 Å². The summed E-state index contributed by atoms with van der Waals surface area (Å²) in [5, 5.41) is 0. The fraction of sp³-hybridized carbons (Fsp3) is 0.889. The van der Waals surface area contributed by atoms with Crippen LogP contribution in [-0.4, -0.2) is 48.5 Å². The van der Waals surface area contributed by atoms with Crippen LogP contribution >= 0.6 is 0 Å². The Hall–Kier alpha value is -0.730. The standard InChI is InChI=1S/C9H17N3/c1-9-5-4-6-12(9)8(10-7-9)11(2)3/h4-7H2,1-3H3/t9-/m0/s1. The maximum atomic E-state index is 4.56. The number of rotatable bonds is 0. The lowest BCUT2D eigenvalue weighted by atomic mass is 10.0. The largest absolute Gasteiger partial charge is 0.349 e. The number of guanidine groups is 1. The summed E-state index contributed by atoms with van der Waals surface area (Å²) in [6.07, 6.45) is 2.62. The summed E-state index contributed by atoms with van der Waals surface area (Å²) in [4.78, 5) is 9.13. The third-order valence-corrected chi connectivity index (χ3v) is 2.95. The van der Waals surface area contributed by atoms with Gasteiger partial charge in [0.05, 0.1) is 12.1 Å². The molecule has 0 radical (unpaired) electrons. The average Bonchev–Trinajstić information content (AvgIpc) is 2.43. The minimum atomic E-state index is 0.347. The molecular formula is C9H17N3. The molecule has 2 rings (SSSR count). The molecule has 0 unspecified atom stereocenters. The van der Waals surface area contributed by atoms with E-state index in [1.165, 1.54) is 25.3 Å². The highest BCUT2D eigenvalue weighted by molar-refractivity contribution is 5.82. The van der Waals surface area contributed by atoms with Crippen molar-refractivity contribution in [1.82, 2.24) is 9.80 Å². The quantitative estimate of drug-likeness (QED) is 0.531. The first-order valence-corrected chi connectivity index (χ1v) is 4.63. The fourth-order valence-electron chi connectivity index (χ4n) is 2.24. The summed E-state index contributed by atoms with van der Waals surface area (Å²) in [7, 11) is 4.14. The van der Waals surface area contributed by atoms with Crippen molar-refractivity contribution in [3.63, 3.8) is 0 Å². The zero-order chi connectivity index (χ0) is 8.77. The molecule has 68 valence electrons. The molecule has 0 saturated carbocycles. The van der Waals surface area contributed by atoms with Gasteiger partial charge >= 0.3 is 0 Å². The first kappa shape index (κ1) is 7.90. The number of nitrogens with zero attached hydrogens (tertiary/aromatic N) is 3. The minimum absolute atomic E-state index is 0.347. The van der Waals surface area contributed by atoms with E-state index in [0.717, 1.165) is 6.54 Å². The van der Waals surface area contributed by atoms with Crippen LogP contribution in [0, 0.1) is 0 Å². The van der Waals surface area contributed by atoms with Gasteiger partial charge < -0.3 is 9.80 Å². The van der Waals surface area contributed by atoms with Crippen LogP contribution in [0.2, 0.25) is 0 Å². The Morgan fingerprint density at radius 3 is 2.92 bits per heavy atom. The van der Waals surface area contributed by atoms with Crippen molar-refractivity contribution in [3.8, 4) is 0 Å². The van der Waals surface area contributed by atoms with Crippen molar-refractivity contribution in [1.29, 1.82) is 0 Å². The average molecular weight is 167 g/mol. The smallest absolute Gasteiger partial charge is 0.196 e. The Labute approximate surface area is 74.1 Å². The summed E-state index contributed by atoms with van der Waals surface area (Å²) in [5.74, 6) is 1.18. The van der Waals surface area contributed by atoms with E-state index in [2.05, 4.69) is 35.8 Å². The van der Waals surface area contributed by atoms with Gasteiger partial charge in [0.1, 0.15) is 0 Å². The molecule has 2 heterocycles. The maximum Gasteiger partial charge on any atom is 0.196 e. The van der Waals surface area contributed by atoms with Crippen molar-refractivity contribution >= 4 is 5.96 Å². The second kappa shape index (κ2) is 2.38. The van der Waals surface area contributed by atoms with Gasteiger partial charge in [0.15, 0.2) is 5.96 Å². The van der Waals surface area contributed by atoms with E-state index in [-0.39, 0.29) is 0 Å². The molecular weight excluding hydrogens is 150 g/mol. The Morgan fingerprint density at radius 2 is 2.25 bits per heavy atom. The monoisotopic (exact) mass is 167 g/mol. The van der Waals surface area contributed by atoms with Gasteiger partial charge in [-0.15, -0.1) is 0 Å². The van der Waals surface area contributed by atoms with Crippen LogP contribution in [0.5, 0.6) is 0 Å². The first-order valence-electron chi connectivity index (χ1n) is 4.63. The van der Waals surface area contributed by atoms with Crippen molar-refractivity contribution < 1.29 is 0 Å². The predicted molar refractivity (Wildman–Crippen MR) is 50.3 cm³/mol. The Balaban J connectivity index is 2.21. The van der Waals surface area contributed by atoms with E-state index < -0.39 is 0 Å². The second-order valence-electron chi connectivity index (χ2n) is 4.26. The van der Waals surface area contributed by atoms with E-state index in [0.29, 0.717) is 5.54 Å². The van der Waals surface area contributed by atoms with E-state index >= 15 is 0 Å². The lowest BCUT2D eigenvalue weighted by molar-refractivity contribution is 0.272. The van der Waals surface area contributed by atoms with Crippen LogP contribution in [0.3, 0.4) is 0 Å². The van der Waals surface area contributed by atoms with E-state index in [4.69, 9.17) is 0 Å². The molecule has 0 bridgehead atoms. The normalized spacial score (nSPS) is 33.6. The van der Waals surface area contributed by atoms with Gasteiger partial charge in [-0.3, -0.25) is 4.99 Å². The van der Waals surface area contributed by atoms with Crippen LogP contribution in [0.15, 0.2) is 4.99 Å². The van der Waals surface area contributed by atoms with Crippen molar-refractivity contribution in [2.75, 3.05) is 27.2 Å². The second-order valence-corrected chi connectivity index (χ2v) is 4.26. The van der Waals surface area contributed by atoms with Crippen molar-refractivity contribution in [2.45, 2.75) is 25.3 Å². The van der Waals surface area contributed by atoms with Crippen LogP contribution < -0.4 is 0 Å². The molecule has 0 aromatic heterocycles. The molecule has 3 heteroatoms. The maximum absolute atomic E-state index is 4.56. The van der Waals surface area contributed by atoms with Gasteiger partial charge in [-0.25, -0.2) is 0 Å². The van der Waals surface area contributed by atoms with Gasteiger partial charge in [-0.05, 0) is 19.8 Å². The molecule has 1 fully saturated rings. The lowest BCUT2D eigenvalue weighted by Gasteiger charge is -2.31. The highest BCUT2D eigenvalue weighted by Gasteiger charge is 2.42. The summed E-state index contributed by atoms with van der Waals surface area (Å²) in [6, 6.07) is 0. The molecule has 0 spiro atoms. The highest BCUT2D eigenvalue weighted by Crippen LogP contribution is 2.33. The summed E-state index contributed by atoms with van der Waals surface area (Å²) in [6.45, 7) is 4.49. The highest BCUT2D eigenvalue weighted by atomic mass is 15.4.